The van der Waals surface area contributed by atoms with Gasteiger partial charge in [-0.2, -0.15) is 0 Å². The van der Waals surface area contributed by atoms with Crippen LogP contribution in [0.15, 0.2) is 53.4 Å². The Kier molecular flexibility index (Phi) is 5.99. The highest BCUT2D eigenvalue weighted by atomic mass is 32.2. The summed E-state index contributed by atoms with van der Waals surface area (Å²) in [6.45, 7) is 4.68. The molecule has 0 bridgehead atoms. The summed E-state index contributed by atoms with van der Waals surface area (Å²) in [6.07, 6.45) is 1.87. The fourth-order valence-corrected chi connectivity index (χ4v) is 6.40. The van der Waals surface area contributed by atoms with Gasteiger partial charge < -0.3 is 0 Å². The smallest absolute Gasteiger partial charge is 0.181 e. The lowest BCUT2D eigenvalue weighted by Gasteiger charge is -2.38. The van der Waals surface area contributed by atoms with Crippen LogP contribution in [0, 0.1) is 11.6 Å². The third kappa shape index (κ3) is 4.68. The van der Waals surface area contributed by atoms with E-state index in [9.17, 15) is 17.2 Å². The van der Waals surface area contributed by atoms with Gasteiger partial charge in [0.25, 0.3) is 0 Å². The molecule has 1 aliphatic carbocycles. The maximum atomic E-state index is 13.5. The van der Waals surface area contributed by atoms with Crippen molar-refractivity contribution >= 4 is 9.84 Å². The minimum Gasteiger partial charge on any atom is -0.298 e. The second-order valence-corrected chi connectivity index (χ2v) is 10.3. The molecule has 0 unspecified atom stereocenters. The van der Waals surface area contributed by atoms with E-state index in [1.807, 2.05) is 6.07 Å². The first-order chi connectivity index (χ1) is 13.9. The van der Waals surface area contributed by atoms with E-state index in [0.29, 0.717) is 18.9 Å². The van der Waals surface area contributed by atoms with Crippen molar-refractivity contribution in [2.24, 2.45) is 0 Å². The van der Waals surface area contributed by atoms with Crippen LogP contribution in [0.2, 0.25) is 0 Å². The molecule has 4 nitrogen and oxygen atoms in total. The van der Waals surface area contributed by atoms with Crippen LogP contribution in [0.1, 0.15) is 24.8 Å². The van der Waals surface area contributed by atoms with Crippen molar-refractivity contribution in [1.29, 1.82) is 0 Å². The monoisotopic (exact) mass is 420 g/mol. The van der Waals surface area contributed by atoms with E-state index in [4.69, 9.17) is 0 Å². The van der Waals surface area contributed by atoms with Gasteiger partial charge in [-0.3, -0.25) is 9.80 Å². The van der Waals surface area contributed by atoms with Crippen molar-refractivity contribution in [1.82, 2.24) is 9.80 Å². The number of sulfone groups is 1. The average molecular weight is 421 g/mol. The molecule has 0 aromatic heterocycles. The maximum absolute atomic E-state index is 13.5. The van der Waals surface area contributed by atoms with Crippen LogP contribution in [0.5, 0.6) is 0 Å². The molecule has 1 heterocycles. The van der Waals surface area contributed by atoms with E-state index < -0.39 is 26.7 Å². The Morgan fingerprint density at radius 3 is 2.21 bits per heavy atom. The second-order valence-electron chi connectivity index (χ2n) is 8.04. The van der Waals surface area contributed by atoms with Crippen molar-refractivity contribution in [2.45, 2.75) is 42.0 Å². The zero-order valence-corrected chi connectivity index (χ0v) is 17.1. The molecule has 0 radical (unpaired) electrons. The number of nitrogens with zero attached hydrogens (tertiary/aromatic N) is 2. The highest BCUT2D eigenvalue weighted by Crippen LogP contribution is 2.33. The molecule has 2 atom stereocenters. The standard InChI is InChI=1S/C22H26F2N2O2S/c23-18-12-19(24)14-22(13-18)29(27,28)21-7-6-20(15-21)26-10-8-25(9-11-26)16-17-4-2-1-3-5-17/h1-5,12-14,20-21H,6-11,15-16H2/t20-,21+/m1/s1. The molecular weight excluding hydrogens is 394 g/mol. The first kappa shape index (κ1) is 20.4. The summed E-state index contributed by atoms with van der Waals surface area (Å²) in [5, 5.41) is -0.573. The van der Waals surface area contributed by atoms with Crippen LogP contribution in [0.3, 0.4) is 0 Å². The molecule has 1 saturated heterocycles. The van der Waals surface area contributed by atoms with Gasteiger partial charge in [0.15, 0.2) is 9.84 Å². The van der Waals surface area contributed by atoms with Gasteiger partial charge >= 0.3 is 0 Å². The van der Waals surface area contributed by atoms with Crippen molar-refractivity contribution in [3.8, 4) is 0 Å². The molecule has 2 aliphatic rings. The fourth-order valence-electron chi connectivity index (χ4n) is 4.54. The number of halogens is 2. The molecule has 2 aromatic rings. The van der Waals surface area contributed by atoms with Crippen molar-refractivity contribution < 1.29 is 17.2 Å². The lowest BCUT2D eigenvalue weighted by molar-refractivity contribution is 0.0938. The Morgan fingerprint density at radius 1 is 0.897 bits per heavy atom. The summed E-state index contributed by atoms with van der Waals surface area (Å²) < 4.78 is 52.7. The Labute approximate surface area is 171 Å². The largest absolute Gasteiger partial charge is 0.298 e. The number of piperazine rings is 1. The molecule has 0 amide bonds. The zero-order valence-electron chi connectivity index (χ0n) is 16.3. The normalized spacial score (nSPS) is 24.1. The van der Waals surface area contributed by atoms with E-state index in [1.165, 1.54) is 5.56 Å². The SMILES string of the molecule is O=S(=O)(c1cc(F)cc(F)c1)[C@H]1CC[C@@H](N2CCN(Cc3ccccc3)CC2)C1. The molecule has 1 saturated carbocycles. The number of hydrogen-bond donors (Lipinski definition) is 0. The van der Waals surface area contributed by atoms with Gasteiger partial charge in [0.05, 0.1) is 10.1 Å². The molecule has 2 fully saturated rings. The maximum Gasteiger partial charge on any atom is 0.181 e. The van der Waals surface area contributed by atoms with Gasteiger partial charge in [0.1, 0.15) is 11.6 Å². The topological polar surface area (TPSA) is 40.6 Å². The zero-order chi connectivity index (χ0) is 20.4. The molecular formula is C22H26F2N2O2S. The summed E-state index contributed by atoms with van der Waals surface area (Å²) in [6, 6.07) is 13.1. The van der Waals surface area contributed by atoms with E-state index in [-0.39, 0.29) is 10.9 Å². The predicted molar refractivity (Wildman–Crippen MR) is 108 cm³/mol. The average Bonchev–Trinajstić information content (AvgIpc) is 3.20. The van der Waals surface area contributed by atoms with E-state index in [1.54, 1.807) is 0 Å². The van der Waals surface area contributed by atoms with Crippen LogP contribution in [-0.2, 0) is 16.4 Å². The van der Waals surface area contributed by atoms with Gasteiger partial charge in [0, 0.05) is 44.8 Å². The van der Waals surface area contributed by atoms with Crippen molar-refractivity contribution in [2.75, 3.05) is 26.2 Å². The van der Waals surface area contributed by atoms with Crippen LogP contribution in [-0.4, -0.2) is 55.7 Å². The molecule has 7 heteroatoms. The van der Waals surface area contributed by atoms with Crippen LogP contribution >= 0.6 is 0 Å². The first-order valence-corrected chi connectivity index (χ1v) is 11.7. The van der Waals surface area contributed by atoms with Gasteiger partial charge in [-0.1, -0.05) is 30.3 Å². The summed E-state index contributed by atoms with van der Waals surface area (Å²) in [4.78, 5) is 4.56. The van der Waals surface area contributed by atoms with Gasteiger partial charge in [-0.25, -0.2) is 17.2 Å². The summed E-state index contributed by atoms with van der Waals surface area (Å²) >= 11 is 0. The highest BCUT2D eigenvalue weighted by molar-refractivity contribution is 7.92. The molecule has 4 rings (SSSR count). The molecule has 1 aliphatic heterocycles. The molecule has 29 heavy (non-hydrogen) atoms. The lowest BCUT2D eigenvalue weighted by atomic mass is 10.1. The minimum atomic E-state index is -3.72. The van der Waals surface area contributed by atoms with Crippen molar-refractivity contribution in [3.05, 3.63) is 65.7 Å². The van der Waals surface area contributed by atoms with Gasteiger partial charge in [-0.05, 0) is 37.0 Å². The Balaban J connectivity index is 1.34. The molecule has 156 valence electrons. The summed E-state index contributed by atoms with van der Waals surface area (Å²) in [7, 11) is -3.72. The predicted octanol–water partition coefficient (Wildman–Crippen LogP) is 3.48. The van der Waals surface area contributed by atoms with Gasteiger partial charge in [-0.15, -0.1) is 0 Å². The van der Waals surface area contributed by atoms with Crippen LogP contribution in [0.4, 0.5) is 8.78 Å². The molecule has 0 spiro atoms. The van der Waals surface area contributed by atoms with Gasteiger partial charge in [0.2, 0.25) is 0 Å². The fraction of sp³-hybridized carbons (Fsp3) is 0.455. The van der Waals surface area contributed by atoms with E-state index in [0.717, 1.165) is 51.3 Å². The Morgan fingerprint density at radius 2 is 1.55 bits per heavy atom. The second kappa shape index (κ2) is 8.50. The Bertz CT molecular complexity index is 924. The first-order valence-electron chi connectivity index (χ1n) is 10.1. The number of hydrogen-bond acceptors (Lipinski definition) is 4. The minimum absolute atomic E-state index is 0.215. The molecule has 2 aromatic carbocycles. The van der Waals surface area contributed by atoms with E-state index in [2.05, 4.69) is 34.1 Å². The third-order valence-corrected chi connectivity index (χ3v) is 8.33. The number of rotatable bonds is 5. The lowest BCUT2D eigenvalue weighted by Crippen LogP contribution is -2.49. The third-order valence-electron chi connectivity index (χ3n) is 6.13. The van der Waals surface area contributed by atoms with E-state index >= 15 is 0 Å². The highest BCUT2D eigenvalue weighted by Gasteiger charge is 2.38. The number of benzene rings is 2. The van der Waals surface area contributed by atoms with Crippen LogP contribution < -0.4 is 0 Å². The quantitative estimate of drug-likeness (QED) is 0.743. The van der Waals surface area contributed by atoms with Crippen molar-refractivity contribution in [3.63, 3.8) is 0 Å². The summed E-state index contributed by atoms with van der Waals surface area (Å²) in [5.74, 6) is -1.71. The summed E-state index contributed by atoms with van der Waals surface area (Å²) in [5.41, 5.74) is 1.30. The van der Waals surface area contributed by atoms with Crippen LogP contribution in [0.25, 0.3) is 0 Å². The molecule has 0 N–H and O–H groups in total. The Hall–Kier alpha value is -1.83.